The molecule has 0 radical (unpaired) electrons. The first-order valence-corrected chi connectivity index (χ1v) is 11.6. The summed E-state index contributed by atoms with van der Waals surface area (Å²) in [6, 6.07) is 16.2. The zero-order valence-electron chi connectivity index (χ0n) is 17.7. The first-order valence-electron chi connectivity index (χ1n) is 10.7. The average Bonchev–Trinajstić information content (AvgIpc) is 3.46. The molecule has 0 aliphatic carbocycles. The average molecular weight is 434 g/mol. The number of pyridine rings is 1. The maximum atomic E-state index is 13.2. The summed E-state index contributed by atoms with van der Waals surface area (Å²) in [7, 11) is 0. The van der Waals surface area contributed by atoms with Gasteiger partial charge in [-0.05, 0) is 54.0 Å². The lowest BCUT2D eigenvalue weighted by Crippen LogP contribution is -2.45. The van der Waals surface area contributed by atoms with E-state index >= 15 is 0 Å². The second-order valence-corrected chi connectivity index (χ2v) is 9.00. The van der Waals surface area contributed by atoms with Gasteiger partial charge in [-0.15, -0.1) is 11.3 Å². The maximum Gasteiger partial charge on any atom is 0.228 e. The Balaban J connectivity index is 1.58. The molecule has 0 saturated carbocycles. The molecule has 1 unspecified atom stereocenters. The summed E-state index contributed by atoms with van der Waals surface area (Å²) in [4.78, 5) is 33.3. The molecule has 2 amide bonds. The Hall–Kier alpha value is -2.99. The van der Waals surface area contributed by atoms with E-state index in [-0.39, 0.29) is 11.8 Å². The predicted octanol–water partition coefficient (Wildman–Crippen LogP) is 3.95. The van der Waals surface area contributed by atoms with E-state index in [4.69, 9.17) is 0 Å². The highest BCUT2D eigenvalue weighted by Gasteiger charge is 2.46. The molecule has 3 heterocycles. The number of aromatic nitrogens is 1. The number of nitrogens with zero attached hydrogens (tertiary/aromatic N) is 2. The van der Waals surface area contributed by atoms with Crippen molar-refractivity contribution in [2.75, 3.05) is 19.6 Å². The van der Waals surface area contributed by atoms with E-state index in [0.717, 1.165) is 11.1 Å². The summed E-state index contributed by atoms with van der Waals surface area (Å²) in [6.07, 6.45) is 5.02. The second-order valence-electron chi connectivity index (χ2n) is 8.05. The predicted molar refractivity (Wildman–Crippen MR) is 124 cm³/mol. The highest BCUT2D eigenvalue weighted by atomic mass is 32.1. The number of thiophene rings is 1. The first-order chi connectivity index (χ1) is 15.1. The van der Waals surface area contributed by atoms with Gasteiger partial charge in [0.05, 0.1) is 11.8 Å². The molecule has 1 N–H and O–H groups in total. The molecule has 1 atom stereocenters. The van der Waals surface area contributed by atoms with Gasteiger partial charge in [0.2, 0.25) is 11.8 Å². The summed E-state index contributed by atoms with van der Waals surface area (Å²) >= 11 is 1.70. The molecule has 1 aromatic carbocycles. The van der Waals surface area contributed by atoms with Crippen LogP contribution >= 0.6 is 11.3 Å². The number of benzene rings is 1. The molecule has 1 aliphatic rings. The minimum absolute atomic E-state index is 0.0349. The topological polar surface area (TPSA) is 62.3 Å². The third-order valence-electron chi connectivity index (χ3n) is 5.94. The zero-order chi connectivity index (χ0) is 21.7. The molecular formula is C25H27N3O2S. The Morgan fingerprint density at radius 3 is 2.77 bits per heavy atom. The van der Waals surface area contributed by atoms with Gasteiger partial charge in [-0.3, -0.25) is 14.6 Å². The second kappa shape index (κ2) is 9.43. The minimum Gasteiger partial charge on any atom is -0.356 e. The van der Waals surface area contributed by atoms with Crippen LogP contribution in [0.4, 0.5) is 0 Å². The Bertz CT molecular complexity index is 1040. The van der Waals surface area contributed by atoms with E-state index in [1.54, 1.807) is 23.7 Å². The summed E-state index contributed by atoms with van der Waals surface area (Å²) in [5.74, 6) is 0.0818. The van der Waals surface area contributed by atoms with Crippen LogP contribution in [0.5, 0.6) is 0 Å². The van der Waals surface area contributed by atoms with Gasteiger partial charge in [0.1, 0.15) is 0 Å². The van der Waals surface area contributed by atoms with E-state index in [2.05, 4.69) is 33.9 Å². The van der Waals surface area contributed by atoms with Crippen molar-refractivity contribution < 1.29 is 9.59 Å². The molecule has 4 rings (SSSR count). The normalized spacial score (nSPS) is 18.2. The van der Waals surface area contributed by atoms with Gasteiger partial charge in [-0.25, -0.2) is 0 Å². The van der Waals surface area contributed by atoms with Crippen LogP contribution in [0.3, 0.4) is 0 Å². The molecule has 2 aromatic heterocycles. The Kier molecular flexibility index (Phi) is 6.47. The zero-order valence-corrected chi connectivity index (χ0v) is 18.5. The number of rotatable bonds is 7. The highest BCUT2D eigenvalue weighted by Crippen LogP contribution is 2.38. The number of amides is 2. The van der Waals surface area contributed by atoms with Crippen LogP contribution in [0.1, 0.15) is 24.5 Å². The number of likely N-dealkylation sites (tertiary alicyclic amines) is 1. The maximum absolute atomic E-state index is 13.2. The van der Waals surface area contributed by atoms with Crippen LogP contribution in [0.15, 0.2) is 66.3 Å². The van der Waals surface area contributed by atoms with Gasteiger partial charge in [0.25, 0.3) is 0 Å². The van der Waals surface area contributed by atoms with E-state index in [0.29, 0.717) is 38.9 Å². The number of carbonyl (C=O) groups excluding carboxylic acids is 2. The summed E-state index contributed by atoms with van der Waals surface area (Å²) < 4.78 is 0. The van der Waals surface area contributed by atoms with Crippen LogP contribution in [0, 0.1) is 5.41 Å². The fraction of sp³-hybridized carbons (Fsp3) is 0.320. The quantitative estimate of drug-likeness (QED) is 0.614. The molecule has 0 spiro atoms. The number of hydrogen-bond donors (Lipinski definition) is 1. The molecule has 1 aliphatic heterocycles. The van der Waals surface area contributed by atoms with Crippen molar-refractivity contribution in [2.24, 2.45) is 5.41 Å². The Morgan fingerprint density at radius 1 is 1.16 bits per heavy atom. The van der Waals surface area contributed by atoms with Crippen molar-refractivity contribution in [3.05, 3.63) is 77.4 Å². The molecule has 3 aromatic rings. The number of nitrogens with one attached hydrogen (secondary N) is 1. The van der Waals surface area contributed by atoms with Crippen LogP contribution < -0.4 is 5.32 Å². The largest absolute Gasteiger partial charge is 0.356 e. The van der Waals surface area contributed by atoms with Crippen LogP contribution in [0.2, 0.25) is 0 Å². The van der Waals surface area contributed by atoms with Gasteiger partial charge in [-0.1, -0.05) is 36.4 Å². The molecule has 1 saturated heterocycles. The van der Waals surface area contributed by atoms with E-state index < -0.39 is 5.41 Å². The van der Waals surface area contributed by atoms with Crippen molar-refractivity contribution >= 4 is 23.2 Å². The van der Waals surface area contributed by atoms with Gasteiger partial charge in [-0.2, -0.15) is 0 Å². The van der Waals surface area contributed by atoms with Crippen LogP contribution in [-0.4, -0.2) is 41.3 Å². The standard InChI is InChI=1S/C25H27N3O2S/c1-2-27-24(30)25(16-20-8-3-4-9-21(20)22-10-6-14-31-22)11-13-28(18-25)23(29)15-19-7-5-12-26-17-19/h3-10,12,14,17H,2,11,13,15-16,18H2,1H3,(H,27,30). The lowest BCUT2D eigenvalue weighted by molar-refractivity contribution is -0.132. The minimum atomic E-state index is -0.617. The lowest BCUT2D eigenvalue weighted by atomic mass is 9.78. The Morgan fingerprint density at radius 2 is 2.03 bits per heavy atom. The summed E-state index contributed by atoms with van der Waals surface area (Å²) in [5, 5.41) is 5.10. The van der Waals surface area contributed by atoms with Crippen molar-refractivity contribution in [1.29, 1.82) is 0 Å². The van der Waals surface area contributed by atoms with Crippen molar-refractivity contribution in [1.82, 2.24) is 15.2 Å². The fourth-order valence-electron chi connectivity index (χ4n) is 4.34. The molecule has 31 heavy (non-hydrogen) atoms. The number of carbonyl (C=O) groups is 2. The van der Waals surface area contributed by atoms with Crippen LogP contribution in [0.25, 0.3) is 10.4 Å². The van der Waals surface area contributed by atoms with Gasteiger partial charge < -0.3 is 10.2 Å². The van der Waals surface area contributed by atoms with E-state index in [1.165, 1.54) is 10.4 Å². The first kappa shape index (κ1) is 21.2. The van der Waals surface area contributed by atoms with Crippen molar-refractivity contribution in [3.63, 3.8) is 0 Å². The van der Waals surface area contributed by atoms with E-state index in [9.17, 15) is 9.59 Å². The molecular weight excluding hydrogens is 406 g/mol. The highest BCUT2D eigenvalue weighted by molar-refractivity contribution is 7.13. The fourth-order valence-corrected chi connectivity index (χ4v) is 5.13. The molecule has 6 heteroatoms. The van der Waals surface area contributed by atoms with Crippen molar-refractivity contribution in [3.8, 4) is 10.4 Å². The third kappa shape index (κ3) is 4.69. The number of hydrogen-bond acceptors (Lipinski definition) is 4. The SMILES string of the molecule is CCNC(=O)C1(Cc2ccccc2-c2cccs2)CCN(C(=O)Cc2cccnc2)C1. The summed E-state index contributed by atoms with van der Waals surface area (Å²) in [5.41, 5.74) is 2.60. The smallest absolute Gasteiger partial charge is 0.228 e. The lowest BCUT2D eigenvalue weighted by Gasteiger charge is -2.29. The summed E-state index contributed by atoms with van der Waals surface area (Å²) in [6.45, 7) is 3.55. The molecule has 1 fully saturated rings. The molecule has 0 bridgehead atoms. The molecule has 5 nitrogen and oxygen atoms in total. The van der Waals surface area contributed by atoms with Gasteiger partial charge in [0.15, 0.2) is 0 Å². The van der Waals surface area contributed by atoms with Gasteiger partial charge in [0, 0.05) is 36.9 Å². The van der Waals surface area contributed by atoms with Gasteiger partial charge >= 0.3 is 0 Å². The van der Waals surface area contributed by atoms with Crippen LogP contribution in [-0.2, 0) is 22.4 Å². The van der Waals surface area contributed by atoms with E-state index in [1.807, 2.05) is 42.2 Å². The molecule has 160 valence electrons. The monoisotopic (exact) mass is 433 g/mol. The van der Waals surface area contributed by atoms with Crippen molar-refractivity contribution in [2.45, 2.75) is 26.2 Å². The Labute approximate surface area is 187 Å². The third-order valence-corrected chi connectivity index (χ3v) is 6.84.